The van der Waals surface area contributed by atoms with Gasteiger partial charge >= 0.3 is 5.76 Å². The molecule has 1 saturated heterocycles. The maximum absolute atomic E-state index is 12.8. The lowest BCUT2D eigenvalue weighted by atomic mass is 10.2. The van der Waals surface area contributed by atoms with Crippen molar-refractivity contribution in [3.63, 3.8) is 0 Å². The standard InChI is InChI=1S/C21H23N3O4/c1-2-27-18-9-5-3-7-16(18)22-11-13-23(14-12-22)20(25)15-24-17-8-4-6-10-19(17)28-21(24)26/h3-10H,2,11-15H2,1H3. The van der Waals surface area contributed by atoms with Crippen molar-refractivity contribution in [2.24, 2.45) is 0 Å². The van der Waals surface area contributed by atoms with Crippen LogP contribution in [0.4, 0.5) is 5.69 Å². The molecule has 0 unspecified atom stereocenters. The average molecular weight is 381 g/mol. The van der Waals surface area contributed by atoms with E-state index < -0.39 is 5.76 Å². The van der Waals surface area contributed by atoms with Crippen LogP contribution in [0.1, 0.15) is 6.92 Å². The van der Waals surface area contributed by atoms with Crippen molar-refractivity contribution < 1.29 is 13.9 Å². The molecule has 1 amide bonds. The van der Waals surface area contributed by atoms with Crippen LogP contribution >= 0.6 is 0 Å². The first-order chi connectivity index (χ1) is 13.7. The molecule has 1 aliphatic rings. The van der Waals surface area contributed by atoms with Crippen LogP contribution in [0, 0.1) is 0 Å². The molecule has 0 aliphatic carbocycles. The molecule has 28 heavy (non-hydrogen) atoms. The van der Waals surface area contributed by atoms with Gasteiger partial charge in [-0.2, -0.15) is 0 Å². The second-order valence-corrected chi connectivity index (χ2v) is 6.69. The van der Waals surface area contributed by atoms with Crippen molar-refractivity contribution >= 4 is 22.7 Å². The average Bonchev–Trinajstić information content (AvgIpc) is 3.04. The number of carbonyl (C=O) groups is 1. The van der Waals surface area contributed by atoms with Crippen LogP contribution in [-0.4, -0.2) is 48.2 Å². The zero-order valence-electron chi connectivity index (χ0n) is 15.8. The molecule has 0 atom stereocenters. The number of nitrogens with zero attached hydrogens (tertiary/aromatic N) is 3. The first kappa shape index (κ1) is 18.2. The zero-order valence-corrected chi connectivity index (χ0v) is 15.8. The van der Waals surface area contributed by atoms with Crippen LogP contribution in [0.25, 0.3) is 11.1 Å². The topological polar surface area (TPSA) is 67.9 Å². The number of piperazine rings is 1. The third-order valence-corrected chi connectivity index (χ3v) is 5.01. The summed E-state index contributed by atoms with van der Waals surface area (Å²) < 4.78 is 12.3. The number of benzene rings is 2. The van der Waals surface area contributed by atoms with Crippen molar-refractivity contribution in [1.82, 2.24) is 9.47 Å². The molecule has 0 radical (unpaired) electrons. The van der Waals surface area contributed by atoms with E-state index in [9.17, 15) is 9.59 Å². The summed E-state index contributed by atoms with van der Waals surface area (Å²) >= 11 is 0. The van der Waals surface area contributed by atoms with Crippen LogP contribution in [0.5, 0.6) is 5.75 Å². The van der Waals surface area contributed by atoms with Gasteiger partial charge < -0.3 is 19.0 Å². The number of ether oxygens (including phenoxy) is 1. The van der Waals surface area contributed by atoms with E-state index in [4.69, 9.17) is 9.15 Å². The Morgan fingerprint density at radius 3 is 2.54 bits per heavy atom. The minimum absolute atomic E-state index is 0.00855. The maximum Gasteiger partial charge on any atom is 0.420 e. The number of hydrogen-bond acceptors (Lipinski definition) is 5. The maximum atomic E-state index is 12.8. The molecule has 1 fully saturated rings. The second kappa shape index (κ2) is 7.80. The first-order valence-corrected chi connectivity index (χ1v) is 9.50. The number of aromatic nitrogens is 1. The molecular weight excluding hydrogens is 358 g/mol. The van der Waals surface area contributed by atoms with Gasteiger partial charge in [0.15, 0.2) is 5.58 Å². The van der Waals surface area contributed by atoms with E-state index in [2.05, 4.69) is 4.90 Å². The Morgan fingerprint density at radius 2 is 1.75 bits per heavy atom. The number of hydrogen-bond donors (Lipinski definition) is 0. The van der Waals surface area contributed by atoms with E-state index in [0.29, 0.717) is 30.8 Å². The number of amides is 1. The van der Waals surface area contributed by atoms with Gasteiger partial charge in [-0.05, 0) is 31.2 Å². The number of rotatable bonds is 5. The number of carbonyl (C=O) groups excluding carboxylic acids is 1. The van der Waals surface area contributed by atoms with Crippen molar-refractivity contribution in [3.05, 3.63) is 59.1 Å². The van der Waals surface area contributed by atoms with Gasteiger partial charge in [-0.15, -0.1) is 0 Å². The van der Waals surface area contributed by atoms with E-state index >= 15 is 0 Å². The molecule has 1 aromatic heterocycles. The first-order valence-electron chi connectivity index (χ1n) is 9.50. The number of anilines is 1. The van der Waals surface area contributed by atoms with Gasteiger partial charge in [-0.1, -0.05) is 24.3 Å². The molecule has 0 saturated carbocycles. The van der Waals surface area contributed by atoms with Crippen molar-refractivity contribution in [2.45, 2.75) is 13.5 Å². The highest BCUT2D eigenvalue weighted by atomic mass is 16.5. The third kappa shape index (κ3) is 3.47. The van der Waals surface area contributed by atoms with Gasteiger partial charge in [-0.3, -0.25) is 9.36 Å². The molecule has 1 aliphatic heterocycles. The summed E-state index contributed by atoms with van der Waals surface area (Å²) in [4.78, 5) is 28.9. The molecule has 0 N–H and O–H groups in total. The van der Waals surface area contributed by atoms with E-state index in [1.807, 2.05) is 37.3 Å². The van der Waals surface area contributed by atoms with E-state index in [1.165, 1.54) is 4.57 Å². The molecule has 3 aromatic rings. The van der Waals surface area contributed by atoms with E-state index in [1.54, 1.807) is 23.1 Å². The quantitative estimate of drug-likeness (QED) is 0.679. The summed E-state index contributed by atoms with van der Waals surface area (Å²) in [5, 5.41) is 0. The van der Waals surface area contributed by atoms with Gasteiger partial charge in [0.1, 0.15) is 12.3 Å². The van der Waals surface area contributed by atoms with Crippen molar-refractivity contribution in [3.8, 4) is 5.75 Å². The van der Waals surface area contributed by atoms with Crippen LogP contribution in [0.3, 0.4) is 0 Å². The Bertz CT molecular complexity index is 1030. The van der Waals surface area contributed by atoms with Crippen molar-refractivity contribution in [1.29, 1.82) is 0 Å². The lowest BCUT2D eigenvalue weighted by molar-refractivity contribution is -0.132. The monoisotopic (exact) mass is 381 g/mol. The number of para-hydroxylation sites is 4. The Kier molecular flexibility index (Phi) is 5.06. The van der Waals surface area contributed by atoms with E-state index in [0.717, 1.165) is 24.5 Å². The fraction of sp³-hybridized carbons (Fsp3) is 0.333. The van der Waals surface area contributed by atoms with E-state index in [-0.39, 0.29) is 12.5 Å². The zero-order chi connectivity index (χ0) is 19.5. The molecular formula is C21H23N3O4. The Labute approximate surface area is 162 Å². The highest BCUT2D eigenvalue weighted by Crippen LogP contribution is 2.28. The summed E-state index contributed by atoms with van der Waals surface area (Å²) in [5.74, 6) is 0.284. The normalized spacial score (nSPS) is 14.5. The summed E-state index contributed by atoms with van der Waals surface area (Å²) in [5.41, 5.74) is 2.19. The van der Waals surface area contributed by atoms with Gasteiger partial charge in [0.25, 0.3) is 0 Å². The SMILES string of the molecule is CCOc1ccccc1N1CCN(C(=O)Cn2c(=O)oc3ccccc32)CC1. The lowest BCUT2D eigenvalue weighted by Crippen LogP contribution is -2.50. The number of oxazole rings is 1. The highest BCUT2D eigenvalue weighted by molar-refractivity contribution is 5.80. The molecule has 7 heteroatoms. The molecule has 7 nitrogen and oxygen atoms in total. The van der Waals surface area contributed by atoms with Crippen LogP contribution in [0.15, 0.2) is 57.7 Å². The Morgan fingerprint density at radius 1 is 1.04 bits per heavy atom. The largest absolute Gasteiger partial charge is 0.492 e. The predicted molar refractivity (Wildman–Crippen MR) is 107 cm³/mol. The third-order valence-electron chi connectivity index (χ3n) is 5.01. The lowest BCUT2D eigenvalue weighted by Gasteiger charge is -2.36. The molecule has 0 spiro atoms. The summed E-state index contributed by atoms with van der Waals surface area (Å²) in [6, 6.07) is 15.1. The van der Waals surface area contributed by atoms with Gasteiger partial charge in [0.2, 0.25) is 5.91 Å². The molecule has 4 rings (SSSR count). The Hall–Kier alpha value is -3.22. The molecule has 146 valence electrons. The molecule has 2 heterocycles. The van der Waals surface area contributed by atoms with Crippen LogP contribution in [0.2, 0.25) is 0 Å². The summed E-state index contributed by atoms with van der Waals surface area (Å²) in [6.07, 6.45) is 0. The Balaban J connectivity index is 1.43. The summed E-state index contributed by atoms with van der Waals surface area (Å²) in [7, 11) is 0. The van der Waals surface area contributed by atoms with Gasteiger partial charge in [0.05, 0.1) is 17.8 Å². The molecule has 2 aromatic carbocycles. The van der Waals surface area contributed by atoms with Crippen LogP contribution in [-0.2, 0) is 11.3 Å². The predicted octanol–water partition coefficient (Wildman–Crippen LogP) is 2.34. The fourth-order valence-electron chi connectivity index (χ4n) is 3.59. The smallest absolute Gasteiger partial charge is 0.420 e. The minimum Gasteiger partial charge on any atom is -0.492 e. The minimum atomic E-state index is -0.501. The number of fused-ring (bicyclic) bond motifs is 1. The van der Waals surface area contributed by atoms with Crippen molar-refractivity contribution in [2.75, 3.05) is 37.7 Å². The van der Waals surface area contributed by atoms with Crippen LogP contribution < -0.4 is 15.4 Å². The van der Waals surface area contributed by atoms with Gasteiger partial charge in [0, 0.05) is 26.2 Å². The second-order valence-electron chi connectivity index (χ2n) is 6.69. The fourth-order valence-corrected chi connectivity index (χ4v) is 3.59. The summed E-state index contributed by atoms with van der Waals surface area (Å²) in [6.45, 7) is 5.21. The van der Waals surface area contributed by atoms with Gasteiger partial charge in [-0.25, -0.2) is 4.79 Å². The highest BCUT2D eigenvalue weighted by Gasteiger charge is 2.24. The molecule has 0 bridgehead atoms.